The van der Waals surface area contributed by atoms with Gasteiger partial charge in [0.25, 0.3) is 10.0 Å². The number of nitrogens with zero attached hydrogens (tertiary/aromatic N) is 2. The summed E-state index contributed by atoms with van der Waals surface area (Å²) in [5.74, 6) is -2.43. The molecule has 2 rings (SSSR count). The number of benzene rings is 1. The lowest BCUT2D eigenvalue weighted by Gasteiger charge is -2.10. The number of aryl methyl sites for hydroxylation is 2. The summed E-state index contributed by atoms with van der Waals surface area (Å²) in [6.45, 7) is 3.61. The zero-order chi connectivity index (χ0) is 18.1. The standard InChI is InChI=1S/C15H18FN3O4S/c1-4-12-14(13(5-2)19(3)17-12)24(22,23)18-9-6-7-10(15(20)21)11(16)8-9/h6-8,18H,4-5H2,1-3H3,(H,20,21). The molecule has 0 amide bonds. The van der Waals surface area contributed by atoms with E-state index in [9.17, 15) is 17.6 Å². The van der Waals surface area contributed by atoms with Crippen molar-refractivity contribution in [2.45, 2.75) is 31.6 Å². The smallest absolute Gasteiger partial charge is 0.338 e. The summed E-state index contributed by atoms with van der Waals surface area (Å²) in [6, 6.07) is 3.06. The first-order valence-electron chi connectivity index (χ1n) is 7.31. The van der Waals surface area contributed by atoms with Crippen molar-refractivity contribution >= 4 is 21.7 Å². The minimum atomic E-state index is -3.98. The SMILES string of the molecule is CCc1nn(C)c(CC)c1S(=O)(=O)Nc1ccc(C(=O)O)c(F)c1. The van der Waals surface area contributed by atoms with Crippen LogP contribution in [0.3, 0.4) is 0 Å². The van der Waals surface area contributed by atoms with E-state index in [1.165, 1.54) is 10.7 Å². The average Bonchev–Trinajstić information content (AvgIpc) is 2.83. The van der Waals surface area contributed by atoms with Crippen molar-refractivity contribution < 1.29 is 22.7 Å². The third-order valence-electron chi connectivity index (χ3n) is 3.58. The van der Waals surface area contributed by atoms with Crippen LogP contribution in [0.1, 0.15) is 35.6 Å². The molecule has 2 N–H and O–H groups in total. The Morgan fingerprint density at radius 2 is 2.00 bits per heavy atom. The minimum absolute atomic E-state index is 0.0505. The lowest BCUT2D eigenvalue weighted by Crippen LogP contribution is -2.16. The molecule has 24 heavy (non-hydrogen) atoms. The first kappa shape index (κ1) is 17.9. The van der Waals surface area contributed by atoms with Crippen molar-refractivity contribution in [2.24, 2.45) is 7.05 Å². The first-order chi connectivity index (χ1) is 11.2. The molecule has 130 valence electrons. The highest BCUT2D eigenvalue weighted by Crippen LogP contribution is 2.25. The second-order valence-corrected chi connectivity index (χ2v) is 6.78. The molecule has 9 heteroatoms. The summed E-state index contributed by atoms with van der Waals surface area (Å²) in [5, 5.41) is 13.0. The van der Waals surface area contributed by atoms with E-state index in [0.29, 0.717) is 24.2 Å². The Hall–Kier alpha value is -2.42. The number of carboxylic acid groups (broad SMARTS) is 1. The number of sulfonamides is 1. The molecular formula is C15H18FN3O4S. The van der Waals surface area contributed by atoms with Crippen LogP contribution >= 0.6 is 0 Å². The number of halogens is 1. The number of rotatable bonds is 6. The van der Waals surface area contributed by atoms with Gasteiger partial charge in [0.1, 0.15) is 10.7 Å². The molecule has 1 aromatic carbocycles. The highest BCUT2D eigenvalue weighted by atomic mass is 32.2. The van der Waals surface area contributed by atoms with Gasteiger partial charge in [-0.15, -0.1) is 0 Å². The fraction of sp³-hybridized carbons (Fsp3) is 0.333. The average molecular weight is 355 g/mol. The number of nitrogens with one attached hydrogen (secondary N) is 1. The monoisotopic (exact) mass is 355 g/mol. The van der Waals surface area contributed by atoms with Crippen molar-refractivity contribution in [2.75, 3.05) is 4.72 Å². The van der Waals surface area contributed by atoms with E-state index in [0.717, 1.165) is 12.1 Å². The van der Waals surface area contributed by atoms with E-state index in [1.807, 2.05) is 6.92 Å². The second-order valence-electron chi connectivity index (χ2n) is 5.16. The van der Waals surface area contributed by atoms with Crippen molar-refractivity contribution in [3.05, 3.63) is 41.0 Å². The van der Waals surface area contributed by atoms with Gasteiger partial charge in [-0.2, -0.15) is 5.10 Å². The van der Waals surface area contributed by atoms with Crippen LogP contribution in [0.2, 0.25) is 0 Å². The molecule has 7 nitrogen and oxygen atoms in total. The Balaban J connectivity index is 2.46. The zero-order valence-electron chi connectivity index (χ0n) is 13.5. The lowest BCUT2D eigenvalue weighted by atomic mass is 10.2. The van der Waals surface area contributed by atoms with E-state index in [4.69, 9.17) is 5.11 Å². The number of aromatic nitrogens is 2. The number of aromatic carboxylic acids is 1. The molecule has 0 radical (unpaired) electrons. The van der Waals surface area contributed by atoms with E-state index in [-0.39, 0.29) is 10.6 Å². The molecule has 0 aliphatic rings. The van der Waals surface area contributed by atoms with Crippen molar-refractivity contribution in [3.63, 3.8) is 0 Å². The quantitative estimate of drug-likeness (QED) is 0.827. The summed E-state index contributed by atoms with van der Waals surface area (Å²) in [4.78, 5) is 10.9. The van der Waals surface area contributed by atoms with Crippen LogP contribution in [0.5, 0.6) is 0 Å². The van der Waals surface area contributed by atoms with Gasteiger partial charge < -0.3 is 5.11 Å². The molecule has 2 aromatic rings. The number of carboxylic acids is 1. The Labute approximate surface area is 139 Å². The first-order valence-corrected chi connectivity index (χ1v) is 8.80. The highest BCUT2D eigenvalue weighted by Gasteiger charge is 2.26. The van der Waals surface area contributed by atoms with Crippen LogP contribution < -0.4 is 4.72 Å². The van der Waals surface area contributed by atoms with Crippen LogP contribution in [0, 0.1) is 5.82 Å². The summed E-state index contributed by atoms with van der Waals surface area (Å²) < 4.78 is 42.9. The van der Waals surface area contributed by atoms with Crippen LogP contribution in [-0.2, 0) is 29.9 Å². The van der Waals surface area contributed by atoms with Crippen LogP contribution in [0.25, 0.3) is 0 Å². The summed E-state index contributed by atoms with van der Waals surface area (Å²) in [6.07, 6.45) is 0.891. The minimum Gasteiger partial charge on any atom is -0.478 e. The Morgan fingerprint density at radius 3 is 2.50 bits per heavy atom. The van der Waals surface area contributed by atoms with Gasteiger partial charge >= 0.3 is 5.97 Å². The van der Waals surface area contributed by atoms with E-state index in [2.05, 4.69) is 9.82 Å². The molecule has 0 bridgehead atoms. The summed E-state index contributed by atoms with van der Waals surface area (Å²) >= 11 is 0. The van der Waals surface area contributed by atoms with Gasteiger partial charge in [-0.25, -0.2) is 17.6 Å². The summed E-state index contributed by atoms with van der Waals surface area (Å²) in [7, 11) is -2.31. The molecule has 0 aliphatic heterocycles. The molecule has 1 heterocycles. The van der Waals surface area contributed by atoms with Gasteiger partial charge in [0.2, 0.25) is 0 Å². The zero-order valence-corrected chi connectivity index (χ0v) is 14.3. The number of hydrogen-bond acceptors (Lipinski definition) is 4. The highest BCUT2D eigenvalue weighted by molar-refractivity contribution is 7.92. The maximum atomic E-state index is 13.7. The van der Waals surface area contributed by atoms with E-state index in [1.54, 1.807) is 14.0 Å². The molecule has 0 unspecified atom stereocenters. The van der Waals surface area contributed by atoms with Gasteiger partial charge in [0, 0.05) is 7.05 Å². The van der Waals surface area contributed by atoms with Gasteiger partial charge in [-0.3, -0.25) is 9.40 Å². The molecule has 0 saturated heterocycles. The van der Waals surface area contributed by atoms with Crippen molar-refractivity contribution in [1.29, 1.82) is 0 Å². The fourth-order valence-corrected chi connectivity index (χ4v) is 4.11. The van der Waals surface area contributed by atoms with Crippen molar-refractivity contribution in [1.82, 2.24) is 9.78 Å². The largest absolute Gasteiger partial charge is 0.478 e. The molecule has 0 saturated carbocycles. The topological polar surface area (TPSA) is 101 Å². The number of hydrogen-bond donors (Lipinski definition) is 2. The third-order valence-corrected chi connectivity index (χ3v) is 5.09. The maximum absolute atomic E-state index is 13.7. The van der Waals surface area contributed by atoms with E-state index >= 15 is 0 Å². The van der Waals surface area contributed by atoms with Gasteiger partial charge in [-0.05, 0) is 31.0 Å². The Bertz CT molecular complexity index is 890. The molecule has 0 spiro atoms. The predicted molar refractivity (Wildman–Crippen MR) is 86.1 cm³/mol. The molecule has 1 aromatic heterocycles. The maximum Gasteiger partial charge on any atom is 0.338 e. The Morgan fingerprint density at radius 1 is 1.33 bits per heavy atom. The number of carbonyl (C=O) groups is 1. The van der Waals surface area contributed by atoms with Gasteiger partial charge in [0.15, 0.2) is 0 Å². The fourth-order valence-electron chi connectivity index (χ4n) is 2.49. The molecule has 0 aliphatic carbocycles. The van der Waals surface area contributed by atoms with Crippen LogP contribution in [0.15, 0.2) is 23.1 Å². The summed E-state index contributed by atoms with van der Waals surface area (Å²) in [5.41, 5.74) is 0.389. The van der Waals surface area contributed by atoms with E-state index < -0.39 is 27.4 Å². The molecule has 0 atom stereocenters. The van der Waals surface area contributed by atoms with Crippen LogP contribution in [-0.4, -0.2) is 29.3 Å². The third kappa shape index (κ3) is 3.25. The lowest BCUT2D eigenvalue weighted by molar-refractivity contribution is 0.0692. The predicted octanol–water partition coefficient (Wildman–Crippen LogP) is 2.18. The van der Waals surface area contributed by atoms with Crippen molar-refractivity contribution in [3.8, 4) is 0 Å². The van der Waals surface area contributed by atoms with Crippen LogP contribution in [0.4, 0.5) is 10.1 Å². The molecule has 0 fully saturated rings. The van der Waals surface area contributed by atoms with Gasteiger partial charge in [-0.1, -0.05) is 13.8 Å². The Kier molecular flexibility index (Phi) is 4.93. The number of anilines is 1. The molecular weight excluding hydrogens is 337 g/mol. The second kappa shape index (κ2) is 6.60. The normalized spacial score (nSPS) is 11.5. The van der Waals surface area contributed by atoms with Gasteiger partial charge in [0.05, 0.1) is 22.6 Å².